The van der Waals surface area contributed by atoms with Gasteiger partial charge >= 0.3 is 6.03 Å². The smallest absolute Gasteiger partial charge is 0.317 e. The molecular weight excluding hydrogens is 306 g/mol. The fourth-order valence-corrected chi connectivity index (χ4v) is 3.02. The van der Waals surface area contributed by atoms with Gasteiger partial charge in [-0.2, -0.15) is 0 Å². The molecule has 0 spiro atoms. The minimum Gasteiger partial charge on any atom is -0.496 e. The first kappa shape index (κ1) is 16.6. The average molecular weight is 331 g/mol. The van der Waals surface area contributed by atoms with Crippen molar-refractivity contribution < 1.29 is 14.6 Å². The van der Waals surface area contributed by atoms with Crippen molar-refractivity contribution >= 4 is 16.9 Å². The Morgan fingerprint density at radius 3 is 3.00 bits per heavy atom. The van der Waals surface area contributed by atoms with Gasteiger partial charge in [0.2, 0.25) is 0 Å². The average Bonchev–Trinajstić information content (AvgIpc) is 3.36. The van der Waals surface area contributed by atoms with E-state index < -0.39 is 6.10 Å². The van der Waals surface area contributed by atoms with Crippen LogP contribution in [0.5, 0.6) is 5.75 Å². The molecule has 24 heavy (non-hydrogen) atoms. The number of hydrogen-bond donors (Lipinski definition) is 3. The molecule has 2 aromatic rings. The summed E-state index contributed by atoms with van der Waals surface area (Å²) < 4.78 is 5.42. The lowest BCUT2D eigenvalue weighted by molar-refractivity contribution is 0.113. The fourth-order valence-electron chi connectivity index (χ4n) is 3.02. The lowest BCUT2D eigenvalue weighted by Gasteiger charge is -2.21. The second-order valence-electron chi connectivity index (χ2n) is 6.46. The van der Waals surface area contributed by atoms with Crippen LogP contribution in [0.1, 0.15) is 18.4 Å². The second kappa shape index (κ2) is 7.13. The molecule has 0 radical (unpaired) electrons. The van der Waals surface area contributed by atoms with E-state index in [9.17, 15) is 9.90 Å². The number of aliphatic hydroxyl groups is 1. The molecule has 1 aliphatic carbocycles. The number of amides is 2. The van der Waals surface area contributed by atoms with E-state index in [-0.39, 0.29) is 6.03 Å². The first-order chi connectivity index (χ1) is 11.6. The molecule has 1 unspecified atom stereocenters. The number of urea groups is 1. The molecule has 3 N–H and O–H groups in total. The van der Waals surface area contributed by atoms with E-state index in [1.807, 2.05) is 24.4 Å². The maximum atomic E-state index is 12.1. The van der Waals surface area contributed by atoms with Crippen LogP contribution >= 0.6 is 0 Å². The van der Waals surface area contributed by atoms with Crippen LogP contribution in [0.4, 0.5) is 4.79 Å². The van der Waals surface area contributed by atoms with Crippen molar-refractivity contribution in [3.05, 3.63) is 30.0 Å². The zero-order chi connectivity index (χ0) is 17.1. The number of nitrogens with one attached hydrogen (secondary N) is 2. The summed E-state index contributed by atoms with van der Waals surface area (Å²) in [4.78, 5) is 16.9. The molecule has 1 heterocycles. The van der Waals surface area contributed by atoms with Gasteiger partial charge in [-0.1, -0.05) is 6.07 Å². The lowest BCUT2D eigenvalue weighted by Crippen LogP contribution is -2.42. The van der Waals surface area contributed by atoms with Gasteiger partial charge in [-0.3, -0.25) is 0 Å². The number of aromatic nitrogens is 1. The topological polar surface area (TPSA) is 77.6 Å². The van der Waals surface area contributed by atoms with Crippen molar-refractivity contribution in [3.63, 3.8) is 0 Å². The number of carbonyl (C=O) groups excluding carboxylic acids is 1. The molecule has 1 aliphatic rings. The standard InChI is InChI=1S/C18H25N3O3/c1-21(11-15(22)12-6-7-12)18(23)19-9-8-13-10-20-14-4-3-5-16(24-2)17(13)14/h3-5,10,12,15,20,22H,6-9,11H2,1-2H3,(H,19,23). The molecule has 1 atom stereocenters. The molecule has 130 valence electrons. The normalized spacial score (nSPS) is 15.3. The molecule has 1 aromatic heterocycles. The molecule has 6 nitrogen and oxygen atoms in total. The van der Waals surface area contributed by atoms with Crippen molar-refractivity contribution in [1.82, 2.24) is 15.2 Å². The van der Waals surface area contributed by atoms with Crippen molar-refractivity contribution in [1.29, 1.82) is 0 Å². The number of carbonyl (C=O) groups is 1. The number of ether oxygens (including phenoxy) is 1. The summed E-state index contributed by atoms with van der Waals surface area (Å²) in [5.74, 6) is 1.21. The molecule has 1 saturated carbocycles. The van der Waals surface area contributed by atoms with Crippen molar-refractivity contribution in [2.75, 3.05) is 27.2 Å². The lowest BCUT2D eigenvalue weighted by atomic mass is 10.1. The van der Waals surface area contributed by atoms with Gasteiger partial charge in [-0.05, 0) is 42.9 Å². The molecule has 0 aliphatic heterocycles. The zero-order valence-electron chi connectivity index (χ0n) is 14.2. The highest BCUT2D eigenvalue weighted by atomic mass is 16.5. The van der Waals surface area contributed by atoms with Gasteiger partial charge in [0.25, 0.3) is 0 Å². The predicted molar refractivity (Wildman–Crippen MR) is 93.3 cm³/mol. The van der Waals surface area contributed by atoms with Gasteiger partial charge in [0, 0.05) is 37.2 Å². The summed E-state index contributed by atoms with van der Waals surface area (Å²) >= 11 is 0. The number of rotatable bonds is 7. The SMILES string of the molecule is COc1cccc2[nH]cc(CCNC(=O)N(C)CC(O)C3CC3)c12. The maximum absolute atomic E-state index is 12.1. The minimum absolute atomic E-state index is 0.151. The van der Waals surface area contributed by atoms with Crippen LogP contribution < -0.4 is 10.1 Å². The number of aromatic amines is 1. The predicted octanol–water partition coefficient (Wildman–Crippen LogP) is 2.13. The highest BCUT2D eigenvalue weighted by Crippen LogP contribution is 2.32. The largest absolute Gasteiger partial charge is 0.496 e. The number of hydrogen-bond acceptors (Lipinski definition) is 3. The summed E-state index contributed by atoms with van der Waals surface area (Å²) in [6, 6.07) is 5.74. The van der Waals surface area contributed by atoms with Crippen LogP contribution in [0.2, 0.25) is 0 Å². The Balaban J connectivity index is 1.53. The molecule has 3 rings (SSSR count). The molecule has 1 fully saturated rings. The Hall–Kier alpha value is -2.21. The molecule has 1 aromatic carbocycles. The number of benzene rings is 1. The number of methoxy groups -OCH3 is 1. The number of aliphatic hydroxyl groups excluding tert-OH is 1. The number of likely N-dealkylation sites (N-methyl/N-ethyl adjacent to an activating group) is 1. The van der Waals surface area contributed by atoms with Gasteiger partial charge in [-0.25, -0.2) is 4.79 Å². The van der Waals surface area contributed by atoms with Crippen molar-refractivity contribution in [2.45, 2.75) is 25.4 Å². The Morgan fingerprint density at radius 2 is 2.29 bits per heavy atom. The van der Waals surface area contributed by atoms with E-state index >= 15 is 0 Å². The highest BCUT2D eigenvalue weighted by Gasteiger charge is 2.31. The Labute approximate surface area is 141 Å². The number of H-pyrrole nitrogens is 1. The molecular formula is C18H25N3O3. The summed E-state index contributed by atoms with van der Waals surface area (Å²) in [5.41, 5.74) is 2.14. The van der Waals surface area contributed by atoms with Crippen LogP contribution in [-0.2, 0) is 6.42 Å². The Kier molecular flexibility index (Phi) is 4.94. The molecule has 6 heteroatoms. The monoisotopic (exact) mass is 331 g/mol. The minimum atomic E-state index is -0.404. The van der Waals surface area contributed by atoms with Gasteiger partial charge in [0.15, 0.2) is 0 Å². The zero-order valence-corrected chi connectivity index (χ0v) is 14.2. The van der Waals surface area contributed by atoms with Crippen molar-refractivity contribution in [2.24, 2.45) is 5.92 Å². The van der Waals surface area contributed by atoms with Crippen LogP contribution in [0.15, 0.2) is 24.4 Å². The van der Waals surface area contributed by atoms with Crippen LogP contribution in [0, 0.1) is 5.92 Å². The third-order valence-electron chi connectivity index (χ3n) is 4.61. The molecule has 0 saturated heterocycles. The van der Waals surface area contributed by atoms with E-state index in [1.54, 1.807) is 19.1 Å². The van der Waals surface area contributed by atoms with E-state index in [4.69, 9.17) is 4.74 Å². The summed E-state index contributed by atoms with van der Waals surface area (Å²) in [7, 11) is 3.38. The maximum Gasteiger partial charge on any atom is 0.317 e. The summed E-state index contributed by atoms with van der Waals surface area (Å²) in [5, 5.41) is 13.9. The van der Waals surface area contributed by atoms with E-state index in [0.29, 0.717) is 25.4 Å². The van der Waals surface area contributed by atoms with Gasteiger partial charge in [0.05, 0.1) is 13.2 Å². The van der Waals surface area contributed by atoms with E-state index in [1.165, 1.54) is 0 Å². The highest BCUT2D eigenvalue weighted by molar-refractivity contribution is 5.89. The Morgan fingerprint density at radius 1 is 1.50 bits per heavy atom. The van der Waals surface area contributed by atoms with Crippen LogP contribution in [-0.4, -0.2) is 54.4 Å². The van der Waals surface area contributed by atoms with E-state index in [2.05, 4.69) is 10.3 Å². The van der Waals surface area contributed by atoms with E-state index in [0.717, 1.165) is 35.1 Å². The van der Waals surface area contributed by atoms with Gasteiger partial charge in [0.1, 0.15) is 5.75 Å². The summed E-state index contributed by atoms with van der Waals surface area (Å²) in [6.07, 6.45) is 4.40. The van der Waals surface area contributed by atoms with Crippen molar-refractivity contribution in [3.8, 4) is 5.75 Å². The number of nitrogens with zero attached hydrogens (tertiary/aromatic N) is 1. The number of fused-ring (bicyclic) bond motifs is 1. The fraction of sp³-hybridized carbons (Fsp3) is 0.500. The quantitative estimate of drug-likeness (QED) is 0.727. The summed E-state index contributed by atoms with van der Waals surface area (Å²) in [6.45, 7) is 0.922. The van der Waals surface area contributed by atoms with Crippen LogP contribution in [0.3, 0.4) is 0 Å². The third kappa shape index (κ3) is 3.64. The second-order valence-corrected chi connectivity index (χ2v) is 6.46. The van der Waals surface area contributed by atoms with Gasteiger partial charge in [-0.15, -0.1) is 0 Å². The Bertz CT molecular complexity index is 709. The van der Waals surface area contributed by atoms with Crippen LogP contribution in [0.25, 0.3) is 10.9 Å². The third-order valence-corrected chi connectivity index (χ3v) is 4.61. The molecule has 2 amide bonds. The molecule has 0 bridgehead atoms. The first-order valence-corrected chi connectivity index (χ1v) is 8.40. The first-order valence-electron chi connectivity index (χ1n) is 8.40. The van der Waals surface area contributed by atoms with Gasteiger partial charge < -0.3 is 25.0 Å².